The minimum atomic E-state index is -4.04. The monoisotopic (exact) mass is 424 g/mol. The van der Waals surface area contributed by atoms with Crippen molar-refractivity contribution in [3.63, 3.8) is 0 Å². The summed E-state index contributed by atoms with van der Waals surface area (Å²) in [5.74, 6) is -0.737. The molecule has 0 unspecified atom stereocenters. The van der Waals surface area contributed by atoms with E-state index < -0.39 is 21.5 Å². The third kappa shape index (κ3) is 5.10. The standard InChI is InChI=1S/C19H21FN2O6S/c20-15-3-1-14(2-4-15)13-28-16-5-7-17(8-6-16)29(25,26)22-19(18(23)21-24)9-11-27-12-10-19/h1-8,22,24H,9-13H2,(H,21,23). The van der Waals surface area contributed by atoms with Crippen molar-refractivity contribution >= 4 is 15.9 Å². The smallest absolute Gasteiger partial charge is 0.264 e. The van der Waals surface area contributed by atoms with Gasteiger partial charge < -0.3 is 9.47 Å². The Hall–Kier alpha value is -2.53. The molecule has 29 heavy (non-hydrogen) atoms. The molecule has 3 N–H and O–H groups in total. The molecular formula is C19H21FN2O6S. The fraction of sp³-hybridized carbons (Fsp3) is 0.316. The number of nitrogens with one attached hydrogen (secondary N) is 2. The van der Waals surface area contributed by atoms with E-state index in [0.717, 1.165) is 5.56 Å². The second-order valence-corrected chi connectivity index (χ2v) is 8.31. The highest BCUT2D eigenvalue weighted by Gasteiger charge is 2.43. The maximum absolute atomic E-state index is 12.9. The Morgan fingerprint density at radius 1 is 1.10 bits per heavy atom. The lowest BCUT2D eigenvalue weighted by atomic mass is 9.91. The van der Waals surface area contributed by atoms with Gasteiger partial charge in [0.2, 0.25) is 10.0 Å². The molecule has 3 rings (SSSR count). The van der Waals surface area contributed by atoms with Gasteiger partial charge in [-0.05, 0) is 54.8 Å². The third-order valence-electron chi connectivity index (χ3n) is 4.67. The topological polar surface area (TPSA) is 114 Å². The van der Waals surface area contributed by atoms with Crippen LogP contribution in [-0.4, -0.2) is 38.3 Å². The SMILES string of the molecule is O=C(NO)C1(NS(=O)(=O)c2ccc(OCc3ccc(F)cc3)cc2)CCOCC1. The van der Waals surface area contributed by atoms with Crippen LogP contribution in [0.1, 0.15) is 18.4 Å². The quantitative estimate of drug-likeness (QED) is 0.461. The molecule has 0 bridgehead atoms. The second kappa shape index (κ2) is 8.87. The lowest BCUT2D eigenvalue weighted by Crippen LogP contribution is -2.60. The number of ether oxygens (including phenoxy) is 2. The Morgan fingerprint density at radius 3 is 2.31 bits per heavy atom. The first kappa shape index (κ1) is 21.2. The molecule has 1 amide bonds. The lowest BCUT2D eigenvalue weighted by Gasteiger charge is -2.35. The zero-order chi connectivity index (χ0) is 20.9. The van der Waals surface area contributed by atoms with Crippen LogP contribution in [0, 0.1) is 5.82 Å². The minimum absolute atomic E-state index is 0.0526. The summed E-state index contributed by atoms with van der Waals surface area (Å²) >= 11 is 0. The second-order valence-electron chi connectivity index (χ2n) is 6.63. The van der Waals surface area contributed by atoms with Crippen LogP contribution >= 0.6 is 0 Å². The first-order valence-electron chi connectivity index (χ1n) is 8.88. The fourth-order valence-corrected chi connectivity index (χ4v) is 4.40. The number of amides is 1. The Labute approximate surface area is 167 Å². The van der Waals surface area contributed by atoms with E-state index in [9.17, 15) is 17.6 Å². The highest BCUT2D eigenvalue weighted by Crippen LogP contribution is 2.25. The van der Waals surface area contributed by atoms with Crippen LogP contribution in [0.25, 0.3) is 0 Å². The van der Waals surface area contributed by atoms with Crippen LogP contribution < -0.4 is 14.9 Å². The van der Waals surface area contributed by atoms with E-state index in [1.807, 2.05) is 0 Å². The maximum atomic E-state index is 12.9. The molecule has 0 aliphatic carbocycles. The van der Waals surface area contributed by atoms with Crippen molar-refractivity contribution in [1.29, 1.82) is 0 Å². The Kier molecular flexibility index (Phi) is 6.48. The predicted octanol–water partition coefficient (Wildman–Crippen LogP) is 1.74. The number of halogens is 1. The molecule has 1 heterocycles. The van der Waals surface area contributed by atoms with Crippen LogP contribution in [0.5, 0.6) is 5.75 Å². The predicted molar refractivity (Wildman–Crippen MR) is 100 cm³/mol. The first-order valence-corrected chi connectivity index (χ1v) is 10.4. The number of rotatable bonds is 7. The summed E-state index contributed by atoms with van der Waals surface area (Å²) in [7, 11) is -4.04. The number of carbonyl (C=O) groups is 1. The molecular weight excluding hydrogens is 403 g/mol. The van der Waals surface area contributed by atoms with Gasteiger partial charge in [0.05, 0.1) is 4.90 Å². The molecule has 2 aromatic carbocycles. The molecule has 1 fully saturated rings. The summed E-state index contributed by atoms with van der Waals surface area (Å²) in [6.07, 6.45) is 0.189. The number of sulfonamides is 1. The molecule has 1 aliphatic rings. The van der Waals surface area contributed by atoms with E-state index in [1.54, 1.807) is 12.1 Å². The third-order valence-corrected chi connectivity index (χ3v) is 6.22. The normalized spacial score (nSPS) is 16.2. The highest BCUT2D eigenvalue weighted by atomic mass is 32.2. The summed E-state index contributed by atoms with van der Waals surface area (Å²) in [5.41, 5.74) is 0.812. The molecule has 10 heteroatoms. The van der Waals surface area contributed by atoms with Crippen molar-refractivity contribution in [3.8, 4) is 5.75 Å². The Bertz CT molecular complexity index is 942. The Morgan fingerprint density at radius 2 is 1.72 bits per heavy atom. The van der Waals surface area contributed by atoms with E-state index in [-0.39, 0.29) is 43.4 Å². The van der Waals surface area contributed by atoms with E-state index in [0.29, 0.717) is 5.75 Å². The van der Waals surface area contributed by atoms with E-state index in [2.05, 4.69) is 4.72 Å². The van der Waals surface area contributed by atoms with Crippen LogP contribution in [0.15, 0.2) is 53.4 Å². The van der Waals surface area contributed by atoms with E-state index in [1.165, 1.54) is 41.9 Å². The van der Waals surface area contributed by atoms with Crippen LogP contribution in [0.4, 0.5) is 4.39 Å². The van der Waals surface area contributed by atoms with Gasteiger partial charge in [-0.3, -0.25) is 10.0 Å². The van der Waals surface area contributed by atoms with Gasteiger partial charge in [0.15, 0.2) is 0 Å². The van der Waals surface area contributed by atoms with Crippen molar-refractivity contribution in [2.45, 2.75) is 29.9 Å². The molecule has 0 radical (unpaired) electrons. The number of hydrogen-bond acceptors (Lipinski definition) is 6. The number of hydroxylamine groups is 1. The lowest BCUT2D eigenvalue weighted by molar-refractivity contribution is -0.139. The van der Waals surface area contributed by atoms with Crippen molar-refractivity contribution in [3.05, 3.63) is 59.9 Å². The molecule has 1 aliphatic heterocycles. The average Bonchev–Trinajstić information content (AvgIpc) is 2.73. The van der Waals surface area contributed by atoms with Gasteiger partial charge in [-0.25, -0.2) is 18.3 Å². The largest absolute Gasteiger partial charge is 0.489 e. The van der Waals surface area contributed by atoms with Gasteiger partial charge in [-0.1, -0.05) is 12.1 Å². The molecule has 0 spiro atoms. The van der Waals surface area contributed by atoms with E-state index >= 15 is 0 Å². The number of hydrogen-bond donors (Lipinski definition) is 3. The van der Waals surface area contributed by atoms with Gasteiger partial charge >= 0.3 is 0 Å². The van der Waals surface area contributed by atoms with Crippen LogP contribution in [-0.2, 0) is 26.2 Å². The summed E-state index contributed by atoms with van der Waals surface area (Å²) in [5, 5.41) is 9.01. The maximum Gasteiger partial charge on any atom is 0.264 e. The molecule has 156 valence electrons. The van der Waals surface area contributed by atoms with Crippen LogP contribution in [0.3, 0.4) is 0 Å². The zero-order valence-corrected chi connectivity index (χ0v) is 16.2. The minimum Gasteiger partial charge on any atom is -0.489 e. The molecule has 1 saturated heterocycles. The number of benzene rings is 2. The van der Waals surface area contributed by atoms with Crippen LogP contribution in [0.2, 0.25) is 0 Å². The van der Waals surface area contributed by atoms with Gasteiger partial charge in [-0.15, -0.1) is 0 Å². The van der Waals surface area contributed by atoms with Gasteiger partial charge in [0.25, 0.3) is 5.91 Å². The van der Waals surface area contributed by atoms with Crippen molar-refractivity contribution in [2.24, 2.45) is 0 Å². The molecule has 0 atom stereocenters. The summed E-state index contributed by atoms with van der Waals surface area (Å²) in [6.45, 7) is 0.572. The summed E-state index contributed by atoms with van der Waals surface area (Å²) in [6, 6.07) is 11.5. The van der Waals surface area contributed by atoms with Crippen molar-refractivity contribution in [2.75, 3.05) is 13.2 Å². The Balaban J connectivity index is 1.70. The number of carbonyl (C=O) groups excluding carboxylic acids is 1. The van der Waals surface area contributed by atoms with Gasteiger partial charge in [0.1, 0.15) is 23.7 Å². The summed E-state index contributed by atoms with van der Waals surface area (Å²) < 4.78 is 51.6. The zero-order valence-electron chi connectivity index (χ0n) is 15.4. The fourth-order valence-electron chi connectivity index (χ4n) is 2.98. The van der Waals surface area contributed by atoms with Gasteiger partial charge in [-0.2, -0.15) is 4.72 Å². The first-order chi connectivity index (χ1) is 13.8. The van der Waals surface area contributed by atoms with Gasteiger partial charge in [0, 0.05) is 13.2 Å². The van der Waals surface area contributed by atoms with Crippen molar-refractivity contribution < 1.29 is 32.3 Å². The molecule has 0 saturated carbocycles. The molecule has 0 aromatic heterocycles. The van der Waals surface area contributed by atoms with E-state index in [4.69, 9.17) is 14.7 Å². The van der Waals surface area contributed by atoms with Crippen molar-refractivity contribution in [1.82, 2.24) is 10.2 Å². The molecule has 2 aromatic rings. The average molecular weight is 424 g/mol. The summed E-state index contributed by atoms with van der Waals surface area (Å²) in [4.78, 5) is 12.1. The molecule has 8 nitrogen and oxygen atoms in total. The highest BCUT2D eigenvalue weighted by molar-refractivity contribution is 7.89.